The van der Waals surface area contributed by atoms with Gasteiger partial charge in [-0.05, 0) is 61.2 Å². The lowest BCUT2D eigenvalue weighted by Crippen LogP contribution is -2.47. The number of nitrogens with zero attached hydrogens (tertiary/aromatic N) is 3. The van der Waals surface area contributed by atoms with Crippen LogP contribution in [-0.2, 0) is 4.79 Å². The molecule has 0 unspecified atom stereocenters. The molecule has 2 heterocycles. The summed E-state index contributed by atoms with van der Waals surface area (Å²) in [6.07, 6.45) is 5.62. The van der Waals surface area contributed by atoms with Gasteiger partial charge in [0, 0.05) is 17.0 Å². The molecule has 2 amide bonds. The predicted molar refractivity (Wildman–Crippen MR) is 145 cm³/mol. The second-order valence-electron chi connectivity index (χ2n) is 10.3. The summed E-state index contributed by atoms with van der Waals surface area (Å²) in [6, 6.07) is 13.8. The van der Waals surface area contributed by atoms with Crippen molar-refractivity contribution in [2.45, 2.75) is 58.0 Å². The van der Waals surface area contributed by atoms with E-state index < -0.39 is 23.8 Å². The summed E-state index contributed by atoms with van der Waals surface area (Å²) in [7, 11) is 0. The Morgan fingerprint density at radius 3 is 2.42 bits per heavy atom. The molecule has 1 aliphatic rings. The summed E-state index contributed by atoms with van der Waals surface area (Å²) < 4.78 is 2.26. The molecule has 0 bridgehead atoms. The molecule has 5 rings (SSSR count). The number of aromatic nitrogens is 3. The molecule has 1 saturated carbocycles. The number of primary amides is 1. The van der Waals surface area contributed by atoms with E-state index in [4.69, 9.17) is 10.7 Å². The van der Waals surface area contributed by atoms with E-state index in [-0.39, 0.29) is 17.2 Å². The van der Waals surface area contributed by atoms with Crippen molar-refractivity contribution in [3.8, 4) is 11.4 Å². The molecule has 4 N–H and O–H groups in total. The van der Waals surface area contributed by atoms with Crippen molar-refractivity contribution in [3.63, 3.8) is 0 Å². The monoisotopic (exact) mass is 513 g/mol. The van der Waals surface area contributed by atoms with E-state index in [0.29, 0.717) is 17.1 Å². The highest BCUT2D eigenvalue weighted by Crippen LogP contribution is 2.36. The molecular formula is C29H31N5O4. The maximum absolute atomic E-state index is 12.8. The number of carbonyl (C=O) groups excluding carboxylic acids is 2. The number of aromatic carboxylic acids is 1. The molecule has 1 aliphatic carbocycles. The standard InChI is InChI=1S/C29H31N5O4/c1-16(2)25(26(30)35)33-28(36)22-12-8-17-14-18(9-11-21(17)31-22)27-32-23-15-19(29(37)38)10-13-24(23)34(27)20-6-4-3-5-7-20/h8-16,20,25H,3-7H2,1-2H3,(H2,30,35)(H,33,36)(H,37,38)/t25-/m0/s1. The first-order chi connectivity index (χ1) is 18.2. The number of fused-ring (bicyclic) bond motifs is 2. The first kappa shape index (κ1) is 25.4. The first-order valence-corrected chi connectivity index (χ1v) is 13.0. The third kappa shape index (κ3) is 4.83. The molecule has 1 atom stereocenters. The van der Waals surface area contributed by atoms with Crippen LogP contribution in [-0.4, -0.2) is 43.5 Å². The molecule has 0 spiro atoms. The number of hydrogen-bond donors (Lipinski definition) is 3. The van der Waals surface area contributed by atoms with E-state index in [9.17, 15) is 19.5 Å². The number of benzene rings is 2. The van der Waals surface area contributed by atoms with Gasteiger partial charge in [-0.3, -0.25) is 9.59 Å². The Morgan fingerprint density at radius 1 is 0.974 bits per heavy atom. The molecule has 2 aromatic carbocycles. The third-order valence-electron chi connectivity index (χ3n) is 7.32. The molecule has 0 aliphatic heterocycles. The van der Waals surface area contributed by atoms with Crippen LogP contribution in [0.3, 0.4) is 0 Å². The fraction of sp³-hybridized carbons (Fsp3) is 0.345. The number of rotatable bonds is 7. The normalized spacial score (nSPS) is 15.1. The summed E-state index contributed by atoms with van der Waals surface area (Å²) in [4.78, 5) is 45.4. The zero-order valence-corrected chi connectivity index (χ0v) is 21.5. The van der Waals surface area contributed by atoms with Crippen molar-refractivity contribution in [1.82, 2.24) is 19.9 Å². The van der Waals surface area contributed by atoms with Gasteiger partial charge in [0.15, 0.2) is 0 Å². The van der Waals surface area contributed by atoms with Crippen LogP contribution in [0, 0.1) is 5.92 Å². The van der Waals surface area contributed by atoms with Crippen LogP contribution in [0.2, 0.25) is 0 Å². The minimum atomic E-state index is -0.979. The molecule has 1 fully saturated rings. The van der Waals surface area contributed by atoms with Crippen molar-refractivity contribution in [3.05, 3.63) is 59.8 Å². The highest BCUT2D eigenvalue weighted by Gasteiger charge is 2.25. The second kappa shape index (κ2) is 10.2. The van der Waals surface area contributed by atoms with Gasteiger partial charge in [-0.15, -0.1) is 0 Å². The molecule has 9 nitrogen and oxygen atoms in total. The van der Waals surface area contributed by atoms with Gasteiger partial charge in [0.25, 0.3) is 5.91 Å². The van der Waals surface area contributed by atoms with Crippen LogP contribution in [0.5, 0.6) is 0 Å². The Balaban J connectivity index is 1.53. The van der Waals surface area contributed by atoms with Crippen LogP contribution in [0.1, 0.15) is 72.8 Å². The third-order valence-corrected chi connectivity index (χ3v) is 7.32. The van der Waals surface area contributed by atoms with Gasteiger partial charge >= 0.3 is 5.97 Å². The molecule has 196 valence electrons. The SMILES string of the molecule is CC(C)[C@H](NC(=O)c1ccc2cc(-c3nc4cc(C(=O)O)ccc4n3C3CCCCC3)ccc2n1)C(N)=O. The van der Waals surface area contributed by atoms with Gasteiger partial charge in [0.05, 0.1) is 22.1 Å². The fourth-order valence-electron chi connectivity index (χ4n) is 5.32. The van der Waals surface area contributed by atoms with Crippen molar-refractivity contribution in [1.29, 1.82) is 0 Å². The zero-order chi connectivity index (χ0) is 27.0. The van der Waals surface area contributed by atoms with Crippen LogP contribution in [0.15, 0.2) is 48.5 Å². The number of hydrogen-bond acceptors (Lipinski definition) is 5. The molecule has 0 radical (unpaired) electrons. The Bertz CT molecular complexity index is 1550. The first-order valence-electron chi connectivity index (χ1n) is 13.0. The van der Waals surface area contributed by atoms with E-state index in [2.05, 4.69) is 14.9 Å². The van der Waals surface area contributed by atoms with Gasteiger partial charge in [-0.25, -0.2) is 14.8 Å². The van der Waals surface area contributed by atoms with E-state index in [1.807, 2.05) is 44.2 Å². The van der Waals surface area contributed by atoms with Crippen LogP contribution in [0.25, 0.3) is 33.3 Å². The molecule has 9 heteroatoms. The Kier molecular flexibility index (Phi) is 6.84. The van der Waals surface area contributed by atoms with Crippen molar-refractivity contribution in [2.75, 3.05) is 0 Å². The summed E-state index contributed by atoms with van der Waals surface area (Å²) in [5.41, 5.74) is 8.96. The number of carboxylic acid groups (broad SMARTS) is 1. The molecule has 38 heavy (non-hydrogen) atoms. The number of amides is 2. The Hall–Kier alpha value is -4.27. The highest BCUT2D eigenvalue weighted by molar-refractivity contribution is 5.98. The van der Waals surface area contributed by atoms with Crippen molar-refractivity contribution >= 4 is 39.7 Å². The number of nitrogens with one attached hydrogen (secondary N) is 1. The van der Waals surface area contributed by atoms with Gasteiger partial charge in [-0.1, -0.05) is 39.2 Å². The number of carboxylic acids is 1. The van der Waals surface area contributed by atoms with E-state index in [1.165, 1.54) is 6.42 Å². The van der Waals surface area contributed by atoms with Gasteiger partial charge < -0.3 is 20.7 Å². The van der Waals surface area contributed by atoms with Crippen LogP contribution >= 0.6 is 0 Å². The minimum Gasteiger partial charge on any atom is -0.478 e. The lowest BCUT2D eigenvalue weighted by molar-refractivity contribution is -0.120. The highest BCUT2D eigenvalue weighted by atomic mass is 16.4. The van der Waals surface area contributed by atoms with Crippen LogP contribution in [0.4, 0.5) is 0 Å². The van der Waals surface area contributed by atoms with Gasteiger partial charge in [0.2, 0.25) is 5.91 Å². The molecule has 4 aromatic rings. The fourth-order valence-corrected chi connectivity index (χ4v) is 5.32. The van der Waals surface area contributed by atoms with E-state index >= 15 is 0 Å². The minimum absolute atomic E-state index is 0.144. The quantitative estimate of drug-likeness (QED) is 0.327. The maximum Gasteiger partial charge on any atom is 0.335 e. The summed E-state index contributed by atoms with van der Waals surface area (Å²) >= 11 is 0. The number of nitrogens with two attached hydrogens (primary N) is 1. The van der Waals surface area contributed by atoms with Gasteiger partial charge in [-0.2, -0.15) is 0 Å². The average molecular weight is 514 g/mol. The number of carbonyl (C=O) groups is 3. The van der Waals surface area contributed by atoms with Crippen molar-refractivity contribution in [2.24, 2.45) is 11.7 Å². The average Bonchev–Trinajstić information content (AvgIpc) is 3.30. The Labute approximate surface area is 220 Å². The molecular weight excluding hydrogens is 482 g/mol. The number of pyridine rings is 1. The summed E-state index contributed by atoms with van der Waals surface area (Å²) in [6.45, 7) is 3.63. The van der Waals surface area contributed by atoms with E-state index in [0.717, 1.165) is 48.0 Å². The number of imidazole rings is 1. The molecule has 0 saturated heterocycles. The summed E-state index contributed by atoms with van der Waals surface area (Å²) in [5, 5.41) is 13.0. The second-order valence-corrected chi connectivity index (χ2v) is 10.3. The Morgan fingerprint density at radius 2 is 1.74 bits per heavy atom. The topological polar surface area (TPSA) is 140 Å². The lowest BCUT2D eigenvalue weighted by Gasteiger charge is -2.25. The van der Waals surface area contributed by atoms with E-state index in [1.54, 1.807) is 18.2 Å². The smallest absolute Gasteiger partial charge is 0.335 e. The summed E-state index contributed by atoms with van der Waals surface area (Å²) in [5.74, 6) is -1.38. The van der Waals surface area contributed by atoms with Crippen LogP contribution < -0.4 is 11.1 Å². The zero-order valence-electron chi connectivity index (χ0n) is 21.5. The molecule has 2 aromatic heterocycles. The lowest BCUT2D eigenvalue weighted by atomic mass is 9.94. The maximum atomic E-state index is 12.8. The van der Waals surface area contributed by atoms with Gasteiger partial charge in [0.1, 0.15) is 17.6 Å². The largest absolute Gasteiger partial charge is 0.478 e. The van der Waals surface area contributed by atoms with Crippen molar-refractivity contribution < 1.29 is 19.5 Å². The predicted octanol–water partition coefficient (Wildman–Crippen LogP) is 4.69.